The molecule has 1 aliphatic rings. The molecule has 0 aliphatic heterocycles. The topological polar surface area (TPSA) is 61.2 Å². The third-order valence-electron chi connectivity index (χ3n) is 3.39. The molecule has 7 heteroatoms. The minimum Gasteiger partial charge on any atom is -0.492 e. The van der Waals surface area contributed by atoms with Gasteiger partial charge < -0.3 is 4.74 Å². The number of halogens is 1. The van der Waals surface area contributed by atoms with Gasteiger partial charge in [-0.1, -0.05) is 0 Å². The zero-order valence-electron chi connectivity index (χ0n) is 11.3. The molecule has 108 valence electrons. The third kappa shape index (κ3) is 2.56. The number of ether oxygens (including phenoxy) is 1. The van der Waals surface area contributed by atoms with E-state index >= 15 is 0 Å². The Balaban J connectivity index is 2.08. The minimum atomic E-state index is -3.35. The van der Waals surface area contributed by atoms with Crippen molar-refractivity contribution < 1.29 is 13.2 Å². The van der Waals surface area contributed by atoms with Gasteiger partial charge in [0, 0.05) is 24.8 Å². The molecule has 1 saturated carbocycles. The second kappa shape index (κ2) is 4.73. The maximum atomic E-state index is 11.8. The molecule has 1 heterocycles. The Morgan fingerprint density at radius 1 is 1.45 bits per heavy atom. The Morgan fingerprint density at radius 3 is 2.75 bits per heavy atom. The Morgan fingerprint density at radius 2 is 2.15 bits per heavy atom. The number of hydrogen-bond donors (Lipinski definition) is 0. The molecular weight excluding hydrogens is 344 g/mol. The molecule has 0 atom stereocenters. The zero-order chi connectivity index (χ0) is 14.5. The molecular formula is C13H15BrN2O3S. The van der Waals surface area contributed by atoms with E-state index in [2.05, 4.69) is 21.0 Å². The highest BCUT2D eigenvalue weighted by atomic mass is 79.9. The van der Waals surface area contributed by atoms with Crippen molar-refractivity contribution in [3.63, 3.8) is 0 Å². The molecule has 0 radical (unpaired) electrons. The van der Waals surface area contributed by atoms with Crippen molar-refractivity contribution in [3.8, 4) is 5.75 Å². The lowest BCUT2D eigenvalue weighted by atomic mass is 10.2. The van der Waals surface area contributed by atoms with E-state index in [0.717, 1.165) is 15.7 Å². The van der Waals surface area contributed by atoms with Crippen LogP contribution in [0.5, 0.6) is 5.75 Å². The fourth-order valence-corrected chi connectivity index (χ4v) is 3.39. The quantitative estimate of drug-likeness (QED) is 0.842. The molecule has 1 aliphatic carbocycles. The van der Waals surface area contributed by atoms with Crippen LogP contribution < -0.4 is 4.74 Å². The molecule has 3 rings (SSSR count). The van der Waals surface area contributed by atoms with Crippen LogP contribution >= 0.6 is 15.9 Å². The summed E-state index contributed by atoms with van der Waals surface area (Å²) in [5.41, 5.74) is 0.749. The summed E-state index contributed by atoms with van der Waals surface area (Å²) in [5, 5.41) is 4.82. The van der Waals surface area contributed by atoms with Gasteiger partial charge in [0.1, 0.15) is 5.75 Å². The van der Waals surface area contributed by atoms with Crippen LogP contribution in [0.4, 0.5) is 0 Å². The van der Waals surface area contributed by atoms with Crippen LogP contribution in [0.25, 0.3) is 10.9 Å². The van der Waals surface area contributed by atoms with Crippen LogP contribution in [-0.4, -0.2) is 31.1 Å². The largest absolute Gasteiger partial charge is 0.492 e. The highest BCUT2D eigenvalue weighted by molar-refractivity contribution is 9.10. The van der Waals surface area contributed by atoms with Crippen LogP contribution in [0, 0.1) is 5.92 Å². The normalized spacial score (nSPS) is 15.8. The van der Waals surface area contributed by atoms with Crippen LogP contribution in [-0.2, 0) is 16.9 Å². The standard InChI is InChI=1S/C13H15BrN2O3S/c1-16-11-6-12(19-7-8-3-4-8)10(14)5-9(11)13(15-16)20(2,17)18/h5-6,8H,3-4,7H2,1-2H3. The van der Waals surface area contributed by atoms with Gasteiger partial charge in [0.05, 0.1) is 16.6 Å². The Bertz CT molecular complexity index is 779. The number of sulfone groups is 1. The lowest BCUT2D eigenvalue weighted by Crippen LogP contribution is -2.00. The van der Waals surface area contributed by atoms with Crippen molar-refractivity contribution in [2.45, 2.75) is 17.9 Å². The smallest absolute Gasteiger partial charge is 0.195 e. The van der Waals surface area contributed by atoms with Crippen molar-refractivity contribution >= 4 is 36.7 Å². The van der Waals surface area contributed by atoms with Gasteiger partial charge >= 0.3 is 0 Å². The Kier molecular flexibility index (Phi) is 3.29. The maximum Gasteiger partial charge on any atom is 0.195 e. The molecule has 1 aromatic carbocycles. The highest BCUT2D eigenvalue weighted by Gasteiger charge is 2.23. The van der Waals surface area contributed by atoms with E-state index in [1.54, 1.807) is 17.8 Å². The fraction of sp³-hybridized carbons (Fsp3) is 0.462. The highest BCUT2D eigenvalue weighted by Crippen LogP contribution is 2.35. The van der Waals surface area contributed by atoms with E-state index in [1.807, 2.05) is 6.07 Å². The summed E-state index contributed by atoms with van der Waals surface area (Å²) < 4.78 is 31.6. The molecule has 20 heavy (non-hydrogen) atoms. The second-order valence-corrected chi connectivity index (χ2v) is 8.04. The van der Waals surface area contributed by atoms with E-state index in [1.165, 1.54) is 19.1 Å². The second-order valence-electron chi connectivity index (χ2n) is 5.26. The predicted octanol–water partition coefficient (Wildman–Crippen LogP) is 2.53. The van der Waals surface area contributed by atoms with E-state index in [-0.39, 0.29) is 5.03 Å². The van der Waals surface area contributed by atoms with E-state index in [0.29, 0.717) is 17.9 Å². The third-order valence-corrected chi connectivity index (χ3v) is 5.02. The summed E-state index contributed by atoms with van der Waals surface area (Å²) in [7, 11) is -1.62. The van der Waals surface area contributed by atoms with Crippen LogP contribution in [0.3, 0.4) is 0 Å². The van der Waals surface area contributed by atoms with Gasteiger partial charge in [-0.05, 0) is 40.8 Å². The molecule has 0 bridgehead atoms. The molecule has 5 nitrogen and oxygen atoms in total. The lowest BCUT2D eigenvalue weighted by molar-refractivity contribution is 0.298. The first-order valence-corrected chi connectivity index (χ1v) is 9.04. The first kappa shape index (κ1) is 13.9. The van der Waals surface area contributed by atoms with Crippen molar-refractivity contribution in [1.82, 2.24) is 9.78 Å². The molecule has 0 saturated heterocycles. The van der Waals surface area contributed by atoms with Crippen LogP contribution in [0.15, 0.2) is 21.6 Å². The number of benzene rings is 1. The van der Waals surface area contributed by atoms with Crippen molar-refractivity contribution in [2.75, 3.05) is 12.9 Å². The summed E-state index contributed by atoms with van der Waals surface area (Å²) in [6, 6.07) is 3.60. The molecule has 1 fully saturated rings. The van der Waals surface area contributed by atoms with E-state index in [4.69, 9.17) is 4.74 Å². The van der Waals surface area contributed by atoms with Gasteiger partial charge in [-0.15, -0.1) is 0 Å². The van der Waals surface area contributed by atoms with E-state index < -0.39 is 9.84 Å². The fourth-order valence-electron chi connectivity index (χ4n) is 2.10. The predicted molar refractivity (Wildman–Crippen MR) is 79.7 cm³/mol. The minimum absolute atomic E-state index is 0.101. The zero-order valence-corrected chi connectivity index (χ0v) is 13.7. The Labute approximate surface area is 126 Å². The van der Waals surface area contributed by atoms with Gasteiger partial charge in [-0.3, -0.25) is 4.68 Å². The lowest BCUT2D eigenvalue weighted by Gasteiger charge is -2.08. The summed E-state index contributed by atoms with van der Waals surface area (Å²) in [4.78, 5) is 0. The summed E-state index contributed by atoms with van der Waals surface area (Å²) in [6.45, 7) is 0.709. The van der Waals surface area contributed by atoms with Crippen molar-refractivity contribution in [1.29, 1.82) is 0 Å². The van der Waals surface area contributed by atoms with Gasteiger partial charge in [-0.2, -0.15) is 5.10 Å². The number of nitrogens with zero attached hydrogens (tertiary/aromatic N) is 2. The molecule has 0 unspecified atom stereocenters. The molecule has 1 aromatic heterocycles. The monoisotopic (exact) mass is 358 g/mol. The average Bonchev–Trinajstić information content (AvgIpc) is 3.11. The summed E-state index contributed by atoms with van der Waals surface area (Å²) >= 11 is 3.44. The number of hydrogen-bond acceptors (Lipinski definition) is 4. The maximum absolute atomic E-state index is 11.8. The summed E-state index contributed by atoms with van der Waals surface area (Å²) in [5.74, 6) is 1.39. The first-order chi connectivity index (χ1) is 9.36. The van der Waals surface area contributed by atoms with Crippen molar-refractivity contribution in [2.24, 2.45) is 13.0 Å². The number of fused-ring (bicyclic) bond motifs is 1. The molecule has 0 N–H and O–H groups in total. The van der Waals surface area contributed by atoms with Gasteiger partial charge in [-0.25, -0.2) is 8.42 Å². The molecule has 0 amide bonds. The van der Waals surface area contributed by atoms with Gasteiger partial charge in [0.2, 0.25) is 0 Å². The SMILES string of the molecule is Cn1nc(S(C)(=O)=O)c2cc(Br)c(OCC3CC3)cc21. The average molecular weight is 359 g/mol. The van der Waals surface area contributed by atoms with Crippen LogP contribution in [0.1, 0.15) is 12.8 Å². The summed E-state index contributed by atoms with van der Waals surface area (Å²) in [6.07, 6.45) is 3.62. The van der Waals surface area contributed by atoms with Crippen LogP contribution in [0.2, 0.25) is 0 Å². The van der Waals surface area contributed by atoms with Crippen molar-refractivity contribution in [3.05, 3.63) is 16.6 Å². The first-order valence-electron chi connectivity index (χ1n) is 6.35. The molecule has 0 spiro atoms. The van der Waals surface area contributed by atoms with Gasteiger partial charge in [0.15, 0.2) is 14.9 Å². The van der Waals surface area contributed by atoms with Gasteiger partial charge in [0.25, 0.3) is 0 Å². The number of aryl methyl sites for hydroxylation is 1. The number of aromatic nitrogens is 2. The Hall–Kier alpha value is -1.08. The molecule has 2 aromatic rings. The number of rotatable bonds is 4. The van der Waals surface area contributed by atoms with E-state index in [9.17, 15) is 8.42 Å².